The first-order valence-electron chi connectivity index (χ1n) is 5.79. The summed E-state index contributed by atoms with van der Waals surface area (Å²) in [5.41, 5.74) is 0. The summed E-state index contributed by atoms with van der Waals surface area (Å²) in [6, 6.07) is 3.38. The van der Waals surface area contributed by atoms with Gasteiger partial charge in [0.15, 0.2) is 0 Å². The molecule has 3 heteroatoms. The van der Waals surface area contributed by atoms with Crippen molar-refractivity contribution in [3.63, 3.8) is 0 Å². The summed E-state index contributed by atoms with van der Waals surface area (Å²) < 4.78 is 1.83. The quantitative estimate of drug-likeness (QED) is 0.789. The van der Waals surface area contributed by atoms with Gasteiger partial charge in [0.2, 0.25) is 0 Å². The summed E-state index contributed by atoms with van der Waals surface area (Å²) in [5.74, 6) is 0.642. The molecule has 0 unspecified atom stereocenters. The number of allylic oxidation sites excluding steroid dienone is 2. The summed E-state index contributed by atoms with van der Waals surface area (Å²) in [7, 11) is 0. The Hall–Kier alpha value is -1.51. The normalized spacial score (nSPS) is 33.1. The molecule has 1 aromatic rings. The molecule has 2 bridgehead atoms. The Morgan fingerprint density at radius 3 is 2.50 bits per heavy atom. The van der Waals surface area contributed by atoms with E-state index in [-0.39, 0.29) is 5.92 Å². The van der Waals surface area contributed by atoms with Crippen LogP contribution in [-0.4, -0.2) is 15.6 Å². The second-order valence-electron chi connectivity index (χ2n) is 4.86. The average molecular weight is 217 g/mol. The molecule has 0 aromatic carbocycles. The number of carboxylic acids is 1. The fourth-order valence-corrected chi connectivity index (χ4v) is 3.25. The molecule has 2 aliphatic carbocycles. The number of aromatic nitrogens is 1. The first kappa shape index (κ1) is 9.70. The molecule has 3 rings (SSSR count). The molecule has 0 radical (unpaired) electrons. The van der Waals surface area contributed by atoms with E-state index < -0.39 is 12.0 Å². The summed E-state index contributed by atoms with van der Waals surface area (Å²) >= 11 is 0. The first-order chi connectivity index (χ1) is 7.75. The third-order valence-corrected chi connectivity index (χ3v) is 3.94. The molecule has 2 aliphatic rings. The summed E-state index contributed by atoms with van der Waals surface area (Å²) in [4.78, 5) is 11.4. The van der Waals surface area contributed by atoms with Crippen molar-refractivity contribution in [2.75, 3.05) is 0 Å². The van der Waals surface area contributed by atoms with E-state index in [1.54, 1.807) is 0 Å². The van der Waals surface area contributed by atoms with E-state index in [0.717, 1.165) is 12.8 Å². The van der Waals surface area contributed by atoms with Crippen LogP contribution in [0.3, 0.4) is 0 Å². The molecule has 1 N–H and O–H groups in total. The van der Waals surface area contributed by atoms with Crippen LogP contribution in [0.25, 0.3) is 0 Å². The molecular formula is C13H15NO2. The topological polar surface area (TPSA) is 42.2 Å². The SMILES string of the molecule is O=C(O)[C@@H]([C@H]1C[C@H]2C=C[C@H]1C2)n1cccc1. The van der Waals surface area contributed by atoms with Crippen LogP contribution < -0.4 is 0 Å². The number of hydrogen-bond acceptors (Lipinski definition) is 1. The van der Waals surface area contributed by atoms with Gasteiger partial charge in [-0.25, -0.2) is 4.79 Å². The van der Waals surface area contributed by atoms with Crippen molar-refractivity contribution in [2.45, 2.75) is 18.9 Å². The molecule has 1 fully saturated rings. The predicted octanol–water partition coefficient (Wildman–Crippen LogP) is 2.33. The Bertz CT molecular complexity index is 421. The van der Waals surface area contributed by atoms with Crippen LogP contribution in [0.4, 0.5) is 0 Å². The first-order valence-corrected chi connectivity index (χ1v) is 5.79. The number of carboxylic acid groups (broad SMARTS) is 1. The van der Waals surface area contributed by atoms with Gasteiger partial charge in [0.25, 0.3) is 0 Å². The highest BCUT2D eigenvalue weighted by molar-refractivity contribution is 5.72. The lowest BCUT2D eigenvalue weighted by atomic mass is 9.86. The Morgan fingerprint density at radius 1 is 1.25 bits per heavy atom. The van der Waals surface area contributed by atoms with Crippen molar-refractivity contribution < 1.29 is 9.90 Å². The number of carbonyl (C=O) groups is 1. The number of fused-ring (bicyclic) bond motifs is 2. The lowest BCUT2D eigenvalue weighted by molar-refractivity contribution is -0.143. The van der Waals surface area contributed by atoms with E-state index in [1.165, 1.54) is 0 Å². The van der Waals surface area contributed by atoms with Crippen molar-refractivity contribution in [3.05, 3.63) is 36.7 Å². The van der Waals surface area contributed by atoms with Crippen molar-refractivity contribution in [1.29, 1.82) is 0 Å². The highest BCUT2D eigenvalue weighted by Crippen LogP contribution is 2.48. The van der Waals surface area contributed by atoms with Gasteiger partial charge in [-0.2, -0.15) is 0 Å². The monoisotopic (exact) mass is 217 g/mol. The highest BCUT2D eigenvalue weighted by atomic mass is 16.4. The van der Waals surface area contributed by atoms with E-state index >= 15 is 0 Å². The number of hydrogen-bond donors (Lipinski definition) is 1. The largest absolute Gasteiger partial charge is 0.480 e. The minimum atomic E-state index is -0.706. The van der Waals surface area contributed by atoms with E-state index in [2.05, 4.69) is 12.2 Å². The van der Waals surface area contributed by atoms with Gasteiger partial charge in [0.1, 0.15) is 6.04 Å². The summed E-state index contributed by atoms with van der Waals surface area (Å²) in [6.07, 6.45) is 10.3. The van der Waals surface area contributed by atoms with Gasteiger partial charge in [0.05, 0.1) is 0 Å². The fraction of sp³-hybridized carbons (Fsp3) is 0.462. The molecule has 1 saturated carbocycles. The van der Waals surface area contributed by atoms with Crippen LogP contribution in [0.2, 0.25) is 0 Å². The van der Waals surface area contributed by atoms with Crippen molar-refractivity contribution in [3.8, 4) is 0 Å². The zero-order valence-electron chi connectivity index (χ0n) is 8.99. The van der Waals surface area contributed by atoms with Gasteiger partial charge >= 0.3 is 5.97 Å². The summed E-state index contributed by atoms with van der Waals surface area (Å²) in [5, 5.41) is 9.39. The van der Waals surface area contributed by atoms with E-state index in [9.17, 15) is 9.90 Å². The number of aliphatic carboxylic acids is 1. The van der Waals surface area contributed by atoms with Gasteiger partial charge < -0.3 is 9.67 Å². The molecule has 4 atom stereocenters. The molecule has 0 aliphatic heterocycles. The van der Waals surface area contributed by atoms with Gasteiger partial charge in [-0.15, -0.1) is 0 Å². The van der Waals surface area contributed by atoms with Crippen LogP contribution in [-0.2, 0) is 4.79 Å². The van der Waals surface area contributed by atoms with Crippen LogP contribution >= 0.6 is 0 Å². The zero-order valence-corrected chi connectivity index (χ0v) is 8.99. The van der Waals surface area contributed by atoms with Gasteiger partial charge in [-0.05, 0) is 42.7 Å². The molecule has 3 nitrogen and oxygen atoms in total. The Morgan fingerprint density at radius 2 is 2.00 bits per heavy atom. The molecular weight excluding hydrogens is 202 g/mol. The van der Waals surface area contributed by atoms with Crippen LogP contribution in [0.5, 0.6) is 0 Å². The van der Waals surface area contributed by atoms with Gasteiger partial charge in [-0.1, -0.05) is 12.2 Å². The standard InChI is InChI=1S/C13H15NO2/c15-13(16)12(14-5-1-2-6-14)11-8-9-3-4-10(11)7-9/h1-6,9-12H,7-8H2,(H,15,16)/t9-,10-,11-,12+/m0/s1. The maximum absolute atomic E-state index is 11.4. The Balaban J connectivity index is 1.90. The molecule has 1 aromatic heterocycles. The van der Waals surface area contributed by atoms with Crippen molar-refractivity contribution in [2.24, 2.45) is 17.8 Å². The van der Waals surface area contributed by atoms with E-state index in [4.69, 9.17) is 0 Å². The van der Waals surface area contributed by atoms with Crippen LogP contribution in [0, 0.1) is 17.8 Å². The summed E-state index contributed by atoms with van der Waals surface area (Å²) in [6.45, 7) is 0. The minimum Gasteiger partial charge on any atom is -0.480 e. The lowest BCUT2D eigenvalue weighted by Crippen LogP contribution is -2.28. The average Bonchev–Trinajstić information content (AvgIpc) is 2.91. The smallest absolute Gasteiger partial charge is 0.326 e. The van der Waals surface area contributed by atoms with Crippen molar-refractivity contribution in [1.82, 2.24) is 4.57 Å². The van der Waals surface area contributed by atoms with E-state index in [0.29, 0.717) is 11.8 Å². The predicted molar refractivity (Wildman–Crippen MR) is 59.9 cm³/mol. The van der Waals surface area contributed by atoms with Gasteiger partial charge in [0, 0.05) is 12.4 Å². The third kappa shape index (κ3) is 1.39. The lowest BCUT2D eigenvalue weighted by Gasteiger charge is -2.26. The molecule has 84 valence electrons. The maximum atomic E-state index is 11.4. The van der Waals surface area contributed by atoms with E-state index in [1.807, 2.05) is 29.1 Å². The minimum absolute atomic E-state index is 0.264. The van der Waals surface area contributed by atoms with Gasteiger partial charge in [-0.3, -0.25) is 0 Å². The Labute approximate surface area is 94.4 Å². The van der Waals surface area contributed by atoms with Crippen LogP contribution in [0.1, 0.15) is 18.9 Å². The molecule has 0 saturated heterocycles. The highest BCUT2D eigenvalue weighted by Gasteiger charge is 2.43. The number of rotatable bonds is 3. The second-order valence-corrected chi connectivity index (χ2v) is 4.86. The maximum Gasteiger partial charge on any atom is 0.326 e. The molecule has 0 spiro atoms. The Kier molecular flexibility index (Phi) is 2.13. The number of nitrogens with zero attached hydrogens (tertiary/aromatic N) is 1. The van der Waals surface area contributed by atoms with Crippen LogP contribution in [0.15, 0.2) is 36.7 Å². The molecule has 0 amide bonds. The molecule has 16 heavy (non-hydrogen) atoms. The second kappa shape index (κ2) is 3.51. The fourth-order valence-electron chi connectivity index (χ4n) is 3.25. The van der Waals surface area contributed by atoms with Crippen molar-refractivity contribution >= 4 is 5.97 Å². The third-order valence-electron chi connectivity index (χ3n) is 3.94. The zero-order chi connectivity index (χ0) is 11.1. The molecule has 1 heterocycles.